The third kappa shape index (κ3) is 3.49. The molecule has 1 saturated carbocycles. The third-order valence-electron chi connectivity index (χ3n) is 4.48. The molecule has 0 aromatic heterocycles. The molecule has 1 atom stereocenters. The van der Waals surface area contributed by atoms with E-state index in [2.05, 4.69) is 13.8 Å². The van der Waals surface area contributed by atoms with E-state index in [0.29, 0.717) is 16.5 Å². The molecule has 1 aromatic rings. The van der Waals surface area contributed by atoms with E-state index < -0.39 is 6.10 Å². The fraction of sp³-hybridized carbons (Fsp3) is 0.625. The van der Waals surface area contributed by atoms with Gasteiger partial charge in [-0.15, -0.1) is 0 Å². The number of hydrogen-bond acceptors (Lipinski definition) is 1. The lowest BCUT2D eigenvalue weighted by atomic mass is 9.74. The van der Waals surface area contributed by atoms with E-state index in [-0.39, 0.29) is 11.7 Å². The first kappa shape index (κ1) is 14.8. The molecule has 1 fully saturated rings. The maximum Gasteiger partial charge on any atom is 0.123 e. The Bertz CT molecular complexity index is 425. The largest absolute Gasteiger partial charge is 0.388 e. The molecular formula is C16H22ClFO. The summed E-state index contributed by atoms with van der Waals surface area (Å²) in [4.78, 5) is 0. The third-order valence-corrected chi connectivity index (χ3v) is 4.83. The van der Waals surface area contributed by atoms with E-state index in [0.717, 1.165) is 31.6 Å². The molecule has 0 saturated heterocycles. The summed E-state index contributed by atoms with van der Waals surface area (Å²) in [6, 6.07) is 4.21. The summed E-state index contributed by atoms with van der Waals surface area (Å²) in [6.07, 6.45) is 3.64. The van der Waals surface area contributed by atoms with Gasteiger partial charge in [0.15, 0.2) is 0 Å². The highest BCUT2D eigenvalue weighted by molar-refractivity contribution is 6.31. The number of aliphatic hydroxyl groups is 1. The van der Waals surface area contributed by atoms with Gasteiger partial charge in [-0.25, -0.2) is 4.39 Å². The van der Waals surface area contributed by atoms with Gasteiger partial charge < -0.3 is 5.11 Å². The lowest BCUT2D eigenvalue weighted by Gasteiger charge is -2.33. The number of benzene rings is 1. The van der Waals surface area contributed by atoms with Crippen LogP contribution in [0, 0.1) is 23.6 Å². The maximum atomic E-state index is 13.3. The van der Waals surface area contributed by atoms with Crippen LogP contribution in [0.3, 0.4) is 0 Å². The quantitative estimate of drug-likeness (QED) is 0.830. The molecule has 106 valence electrons. The average molecular weight is 285 g/mol. The molecule has 3 heteroatoms. The van der Waals surface area contributed by atoms with Gasteiger partial charge >= 0.3 is 0 Å². The minimum atomic E-state index is -0.642. The lowest BCUT2D eigenvalue weighted by Crippen LogP contribution is -2.23. The summed E-state index contributed by atoms with van der Waals surface area (Å²) in [6.45, 7) is 4.51. The van der Waals surface area contributed by atoms with Crippen molar-refractivity contribution in [1.29, 1.82) is 0 Å². The first-order valence-corrected chi connectivity index (χ1v) is 7.50. The van der Waals surface area contributed by atoms with Crippen LogP contribution in [-0.2, 0) is 0 Å². The maximum absolute atomic E-state index is 13.3. The van der Waals surface area contributed by atoms with Crippen LogP contribution >= 0.6 is 11.6 Å². The Morgan fingerprint density at radius 1 is 1.16 bits per heavy atom. The summed E-state index contributed by atoms with van der Waals surface area (Å²) >= 11 is 6.06. The van der Waals surface area contributed by atoms with Crippen molar-refractivity contribution in [3.8, 4) is 0 Å². The molecule has 1 unspecified atom stereocenters. The Kier molecular flexibility index (Phi) is 4.86. The van der Waals surface area contributed by atoms with Crippen LogP contribution in [0.15, 0.2) is 18.2 Å². The van der Waals surface area contributed by atoms with Crippen molar-refractivity contribution >= 4 is 11.6 Å². The van der Waals surface area contributed by atoms with Crippen molar-refractivity contribution < 1.29 is 9.50 Å². The van der Waals surface area contributed by atoms with E-state index >= 15 is 0 Å². The van der Waals surface area contributed by atoms with Crippen molar-refractivity contribution in [3.05, 3.63) is 34.6 Å². The lowest BCUT2D eigenvalue weighted by molar-refractivity contribution is 0.0666. The molecule has 2 rings (SSSR count). The fourth-order valence-electron chi connectivity index (χ4n) is 3.12. The standard InChI is InChI=1S/C16H22ClFO/c1-10(2)11-3-5-12(6-4-11)16(19)14-9-13(18)7-8-15(14)17/h7-12,16,19H,3-6H2,1-2H3. The highest BCUT2D eigenvalue weighted by Gasteiger charge is 2.29. The highest BCUT2D eigenvalue weighted by Crippen LogP contribution is 2.40. The molecule has 0 spiro atoms. The molecule has 0 radical (unpaired) electrons. The monoisotopic (exact) mass is 284 g/mol. The van der Waals surface area contributed by atoms with E-state index in [1.807, 2.05) is 0 Å². The molecular weight excluding hydrogens is 263 g/mol. The molecule has 19 heavy (non-hydrogen) atoms. The van der Waals surface area contributed by atoms with Gasteiger partial charge in [-0.3, -0.25) is 0 Å². The second-order valence-electron chi connectivity index (χ2n) is 6.03. The van der Waals surface area contributed by atoms with Crippen LogP contribution < -0.4 is 0 Å². The van der Waals surface area contributed by atoms with Gasteiger partial charge in [0.1, 0.15) is 5.82 Å². The SMILES string of the molecule is CC(C)C1CCC(C(O)c2cc(F)ccc2Cl)CC1. The molecule has 0 heterocycles. The Balaban J connectivity index is 2.05. The summed E-state index contributed by atoms with van der Waals surface area (Å²) < 4.78 is 13.3. The first-order valence-electron chi connectivity index (χ1n) is 7.12. The Labute approximate surface area is 119 Å². The van der Waals surface area contributed by atoms with Crippen LogP contribution in [0.4, 0.5) is 4.39 Å². The zero-order valence-electron chi connectivity index (χ0n) is 11.6. The van der Waals surface area contributed by atoms with Gasteiger partial charge in [-0.2, -0.15) is 0 Å². The molecule has 1 N–H and O–H groups in total. The van der Waals surface area contributed by atoms with Gasteiger partial charge in [-0.1, -0.05) is 25.4 Å². The van der Waals surface area contributed by atoms with Crippen LogP contribution in [0.25, 0.3) is 0 Å². The zero-order valence-corrected chi connectivity index (χ0v) is 12.3. The van der Waals surface area contributed by atoms with Gasteiger partial charge in [0.25, 0.3) is 0 Å². The molecule has 0 bridgehead atoms. The molecule has 0 amide bonds. The molecule has 1 aromatic carbocycles. The molecule has 1 aliphatic carbocycles. The van der Waals surface area contributed by atoms with E-state index in [1.165, 1.54) is 18.2 Å². The molecule has 1 nitrogen and oxygen atoms in total. The number of halogens is 2. The minimum absolute atomic E-state index is 0.203. The minimum Gasteiger partial charge on any atom is -0.388 e. The number of hydrogen-bond donors (Lipinski definition) is 1. The number of aliphatic hydroxyl groups excluding tert-OH is 1. The summed E-state index contributed by atoms with van der Waals surface area (Å²) in [7, 11) is 0. The average Bonchev–Trinajstić information content (AvgIpc) is 2.41. The van der Waals surface area contributed by atoms with E-state index in [4.69, 9.17) is 11.6 Å². The Morgan fingerprint density at radius 3 is 2.32 bits per heavy atom. The highest BCUT2D eigenvalue weighted by atomic mass is 35.5. The predicted octanol–water partition coefficient (Wildman–Crippen LogP) is 4.97. The Morgan fingerprint density at radius 2 is 1.74 bits per heavy atom. The topological polar surface area (TPSA) is 20.2 Å². The van der Waals surface area contributed by atoms with Crippen LogP contribution in [0.1, 0.15) is 51.2 Å². The zero-order chi connectivity index (χ0) is 14.0. The van der Waals surface area contributed by atoms with Crippen molar-refractivity contribution in [2.24, 2.45) is 17.8 Å². The van der Waals surface area contributed by atoms with Gasteiger partial charge in [0.2, 0.25) is 0 Å². The summed E-state index contributed by atoms with van der Waals surface area (Å²) in [5, 5.41) is 10.9. The normalized spacial score (nSPS) is 25.6. The van der Waals surface area contributed by atoms with Crippen molar-refractivity contribution in [3.63, 3.8) is 0 Å². The van der Waals surface area contributed by atoms with Crippen molar-refractivity contribution in [1.82, 2.24) is 0 Å². The summed E-state index contributed by atoms with van der Waals surface area (Å²) in [5.74, 6) is 1.32. The Hall–Kier alpha value is -0.600. The van der Waals surface area contributed by atoms with Gasteiger partial charge in [0.05, 0.1) is 6.10 Å². The van der Waals surface area contributed by atoms with E-state index in [1.54, 1.807) is 0 Å². The first-order chi connectivity index (χ1) is 8.99. The fourth-order valence-corrected chi connectivity index (χ4v) is 3.35. The van der Waals surface area contributed by atoms with Gasteiger partial charge in [0, 0.05) is 10.6 Å². The van der Waals surface area contributed by atoms with Crippen LogP contribution in [0.2, 0.25) is 5.02 Å². The smallest absolute Gasteiger partial charge is 0.123 e. The van der Waals surface area contributed by atoms with Crippen molar-refractivity contribution in [2.45, 2.75) is 45.6 Å². The molecule has 1 aliphatic rings. The summed E-state index contributed by atoms with van der Waals surface area (Å²) in [5.41, 5.74) is 0.537. The van der Waals surface area contributed by atoms with Crippen LogP contribution in [0.5, 0.6) is 0 Å². The second kappa shape index (κ2) is 6.23. The molecule has 0 aliphatic heterocycles. The predicted molar refractivity (Wildman–Crippen MR) is 76.7 cm³/mol. The van der Waals surface area contributed by atoms with E-state index in [9.17, 15) is 9.50 Å². The van der Waals surface area contributed by atoms with Crippen LogP contribution in [-0.4, -0.2) is 5.11 Å². The van der Waals surface area contributed by atoms with Crippen molar-refractivity contribution in [2.75, 3.05) is 0 Å². The number of rotatable bonds is 3. The van der Waals surface area contributed by atoms with Gasteiger partial charge in [-0.05, 0) is 61.6 Å². The second-order valence-corrected chi connectivity index (χ2v) is 6.44.